The first-order valence-electron chi connectivity index (χ1n) is 9.04. The minimum Gasteiger partial charge on any atom is -0.442 e. The zero-order chi connectivity index (χ0) is 20.1. The van der Waals surface area contributed by atoms with Gasteiger partial charge < -0.3 is 10.1 Å². The van der Waals surface area contributed by atoms with Gasteiger partial charge in [-0.2, -0.15) is 0 Å². The van der Waals surface area contributed by atoms with Crippen LogP contribution in [0.2, 0.25) is 0 Å². The highest BCUT2D eigenvalue weighted by molar-refractivity contribution is 6.06. The molecule has 0 unspecified atom stereocenters. The van der Waals surface area contributed by atoms with Crippen molar-refractivity contribution < 1.29 is 19.1 Å². The van der Waals surface area contributed by atoms with Crippen molar-refractivity contribution in [1.29, 1.82) is 0 Å². The van der Waals surface area contributed by atoms with E-state index in [0.29, 0.717) is 24.3 Å². The Bertz CT molecular complexity index is 901. The van der Waals surface area contributed by atoms with Crippen molar-refractivity contribution in [3.05, 3.63) is 71.3 Å². The summed E-state index contributed by atoms with van der Waals surface area (Å²) in [6.45, 7) is 4.06. The van der Waals surface area contributed by atoms with Gasteiger partial charge in [-0.3, -0.25) is 14.5 Å². The summed E-state index contributed by atoms with van der Waals surface area (Å²) in [4.78, 5) is 36.8. The van der Waals surface area contributed by atoms with E-state index in [1.165, 1.54) is 17.9 Å². The summed E-state index contributed by atoms with van der Waals surface area (Å²) in [5.41, 5.74) is 3.31. The first-order chi connectivity index (χ1) is 13.4. The normalized spacial score (nSPS) is 16.3. The predicted molar refractivity (Wildman–Crippen MR) is 107 cm³/mol. The molecule has 1 fully saturated rings. The summed E-state index contributed by atoms with van der Waals surface area (Å²) in [6, 6.07) is 14.7. The topological polar surface area (TPSA) is 75.7 Å². The lowest BCUT2D eigenvalue weighted by molar-refractivity contribution is -0.119. The van der Waals surface area contributed by atoms with E-state index in [9.17, 15) is 14.4 Å². The molecule has 144 valence electrons. The van der Waals surface area contributed by atoms with Crippen LogP contribution in [-0.4, -0.2) is 37.0 Å². The molecule has 1 saturated heterocycles. The minimum absolute atomic E-state index is 0.0620. The molecule has 6 heteroatoms. The Labute approximate surface area is 163 Å². The summed E-state index contributed by atoms with van der Waals surface area (Å²) in [5, 5.41) is 2.65. The average Bonchev–Trinajstić information content (AvgIpc) is 3.06. The number of nitrogens with zero attached hydrogens (tertiary/aromatic N) is 1. The lowest BCUT2D eigenvalue weighted by Crippen LogP contribution is -2.33. The van der Waals surface area contributed by atoms with Gasteiger partial charge in [-0.15, -0.1) is 0 Å². The van der Waals surface area contributed by atoms with Crippen LogP contribution in [0.4, 0.5) is 10.5 Å². The van der Waals surface area contributed by atoms with Crippen LogP contribution in [0.15, 0.2) is 54.6 Å². The van der Waals surface area contributed by atoms with Gasteiger partial charge in [0.15, 0.2) is 5.78 Å². The third-order valence-electron chi connectivity index (χ3n) is 4.42. The monoisotopic (exact) mass is 378 g/mol. The molecule has 1 heterocycles. The molecular weight excluding hydrogens is 356 g/mol. The lowest BCUT2D eigenvalue weighted by atomic mass is 10.1. The van der Waals surface area contributed by atoms with Crippen LogP contribution >= 0.6 is 0 Å². The second-order valence-electron chi connectivity index (χ2n) is 6.71. The van der Waals surface area contributed by atoms with Gasteiger partial charge in [-0.25, -0.2) is 4.79 Å². The third kappa shape index (κ3) is 4.85. The van der Waals surface area contributed by atoms with Crippen molar-refractivity contribution in [3.63, 3.8) is 0 Å². The van der Waals surface area contributed by atoms with Crippen molar-refractivity contribution in [2.24, 2.45) is 0 Å². The molecule has 0 spiro atoms. The van der Waals surface area contributed by atoms with Gasteiger partial charge in [0.2, 0.25) is 5.91 Å². The zero-order valence-electron chi connectivity index (χ0n) is 15.8. The molecule has 3 rings (SSSR count). The summed E-state index contributed by atoms with van der Waals surface area (Å²) in [6.07, 6.45) is 2.47. The van der Waals surface area contributed by atoms with Gasteiger partial charge in [-0.05, 0) is 30.7 Å². The highest BCUT2D eigenvalue weighted by atomic mass is 16.6. The Morgan fingerprint density at radius 3 is 2.46 bits per heavy atom. The van der Waals surface area contributed by atoms with Gasteiger partial charge in [0.05, 0.1) is 13.1 Å². The molecule has 1 aliphatic heterocycles. The number of hydrogen-bond acceptors (Lipinski definition) is 4. The molecule has 1 atom stereocenters. The number of nitrogens with one attached hydrogen (secondary N) is 1. The number of cyclic esters (lactones) is 1. The fourth-order valence-electron chi connectivity index (χ4n) is 2.85. The molecule has 0 radical (unpaired) electrons. The van der Waals surface area contributed by atoms with E-state index in [-0.39, 0.29) is 17.8 Å². The number of rotatable bonds is 6. The number of aryl methyl sites for hydroxylation is 1. The molecule has 2 aromatic rings. The van der Waals surface area contributed by atoms with E-state index in [2.05, 4.69) is 5.32 Å². The average molecular weight is 378 g/mol. The van der Waals surface area contributed by atoms with Crippen molar-refractivity contribution in [2.75, 3.05) is 18.0 Å². The molecule has 0 aliphatic carbocycles. The van der Waals surface area contributed by atoms with E-state index in [1.807, 2.05) is 43.3 Å². The van der Waals surface area contributed by atoms with E-state index in [0.717, 1.165) is 11.1 Å². The summed E-state index contributed by atoms with van der Waals surface area (Å²) >= 11 is 0. The SMILES string of the molecule is CC(=O)NC[C@H]1CN(c2ccc(/C=C/C(=O)c3ccc(C)cc3)cc2)C(=O)O1. The van der Waals surface area contributed by atoms with Crippen molar-refractivity contribution >= 4 is 29.5 Å². The molecule has 1 N–H and O–H groups in total. The van der Waals surface area contributed by atoms with Crippen LogP contribution in [0.1, 0.15) is 28.4 Å². The van der Waals surface area contributed by atoms with Crippen molar-refractivity contribution in [3.8, 4) is 0 Å². The molecule has 2 amide bonds. The number of benzene rings is 2. The second-order valence-corrected chi connectivity index (χ2v) is 6.71. The number of carbonyl (C=O) groups is 3. The van der Waals surface area contributed by atoms with Gasteiger partial charge in [0.1, 0.15) is 6.10 Å². The zero-order valence-corrected chi connectivity index (χ0v) is 15.8. The Hall–Kier alpha value is -3.41. The van der Waals surface area contributed by atoms with Crippen molar-refractivity contribution in [1.82, 2.24) is 5.32 Å². The van der Waals surface area contributed by atoms with Crippen LogP contribution in [-0.2, 0) is 9.53 Å². The fraction of sp³-hybridized carbons (Fsp3) is 0.227. The van der Waals surface area contributed by atoms with Gasteiger partial charge in [0, 0.05) is 18.2 Å². The quantitative estimate of drug-likeness (QED) is 0.618. The number of anilines is 1. The van der Waals surface area contributed by atoms with Gasteiger partial charge >= 0.3 is 6.09 Å². The number of amides is 2. The lowest BCUT2D eigenvalue weighted by Gasteiger charge is -2.13. The Morgan fingerprint density at radius 2 is 1.82 bits per heavy atom. The predicted octanol–water partition coefficient (Wildman–Crippen LogP) is 3.35. The highest BCUT2D eigenvalue weighted by Gasteiger charge is 2.32. The molecule has 0 saturated carbocycles. The Morgan fingerprint density at radius 1 is 1.14 bits per heavy atom. The first-order valence-corrected chi connectivity index (χ1v) is 9.04. The fourth-order valence-corrected chi connectivity index (χ4v) is 2.85. The number of ketones is 1. The smallest absolute Gasteiger partial charge is 0.414 e. The molecule has 0 bridgehead atoms. The molecule has 6 nitrogen and oxygen atoms in total. The number of hydrogen-bond donors (Lipinski definition) is 1. The maximum atomic E-state index is 12.2. The standard InChI is InChI=1S/C22H22N2O4/c1-15-3-8-18(9-4-15)21(26)12-7-17-5-10-19(11-6-17)24-14-20(28-22(24)27)13-23-16(2)25/h3-12,20H,13-14H2,1-2H3,(H,23,25)/b12-7+/t20-/m0/s1. The Kier molecular flexibility index (Phi) is 5.89. The van der Waals surface area contributed by atoms with E-state index >= 15 is 0 Å². The largest absolute Gasteiger partial charge is 0.442 e. The summed E-state index contributed by atoms with van der Waals surface area (Å²) < 4.78 is 5.26. The molecule has 28 heavy (non-hydrogen) atoms. The summed E-state index contributed by atoms with van der Waals surface area (Å²) in [5.74, 6) is -0.223. The van der Waals surface area contributed by atoms with Crippen LogP contribution in [0, 0.1) is 6.92 Å². The number of ether oxygens (including phenoxy) is 1. The second kappa shape index (κ2) is 8.52. The van der Waals surface area contributed by atoms with Crippen LogP contribution in [0.5, 0.6) is 0 Å². The first kappa shape index (κ1) is 19.4. The minimum atomic E-state index is -0.437. The Balaban J connectivity index is 1.61. The maximum Gasteiger partial charge on any atom is 0.414 e. The van der Waals surface area contributed by atoms with Crippen LogP contribution < -0.4 is 10.2 Å². The van der Waals surface area contributed by atoms with Crippen LogP contribution in [0.3, 0.4) is 0 Å². The molecular formula is C22H22N2O4. The molecule has 2 aromatic carbocycles. The third-order valence-corrected chi connectivity index (χ3v) is 4.42. The van der Waals surface area contributed by atoms with E-state index < -0.39 is 6.09 Å². The van der Waals surface area contributed by atoms with E-state index in [1.54, 1.807) is 18.2 Å². The highest BCUT2D eigenvalue weighted by Crippen LogP contribution is 2.22. The summed E-state index contributed by atoms with van der Waals surface area (Å²) in [7, 11) is 0. The number of carbonyl (C=O) groups excluding carboxylic acids is 3. The number of allylic oxidation sites excluding steroid dienone is 1. The van der Waals surface area contributed by atoms with Gasteiger partial charge in [-0.1, -0.05) is 48.0 Å². The molecule has 0 aromatic heterocycles. The van der Waals surface area contributed by atoms with Crippen molar-refractivity contribution in [2.45, 2.75) is 20.0 Å². The van der Waals surface area contributed by atoms with Crippen LogP contribution in [0.25, 0.3) is 6.08 Å². The maximum absolute atomic E-state index is 12.2. The van der Waals surface area contributed by atoms with E-state index in [4.69, 9.17) is 4.74 Å². The van der Waals surface area contributed by atoms with Gasteiger partial charge in [0.25, 0.3) is 0 Å². The molecule has 1 aliphatic rings.